The number of alkyl halides is 2. The minimum absolute atomic E-state index is 0.144. The molecule has 0 aliphatic heterocycles. The molecule has 0 atom stereocenters. The zero-order chi connectivity index (χ0) is 29.5. The number of ether oxygens (including phenoxy) is 2. The maximum absolute atomic E-state index is 13.1. The average molecular weight is 594 g/mol. The Hall–Kier alpha value is -2.95. The van der Waals surface area contributed by atoms with Gasteiger partial charge in [-0.2, -0.15) is 17.2 Å². The van der Waals surface area contributed by atoms with Crippen molar-refractivity contribution in [2.45, 2.75) is 73.3 Å². The largest absolute Gasteiger partial charge is 0.493 e. The van der Waals surface area contributed by atoms with Gasteiger partial charge >= 0.3 is 21.3 Å². The lowest BCUT2D eigenvalue weighted by molar-refractivity contribution is -0.149. The summed E-state index contributed by atoms with van der Waals surface area (Å²) in [6.45, 7) is 6.91. The lowest BCUT2D eigenvalue weighted by atomic mass is 10.1. The number of hydrogen-bond acceptors (Lipinski definition) is 5. The molecule has 3 rings (SSSR count). The van der Waals surface area contributed by atoms with Crippen LogP contribution in [0.3, 0.4) is 0 Å². The molecule has 0 saturated carbocycles. The van der Waals surface area contributed by atoms with Gasteiger partial charge in [0.2, 0.25) is 0 Å². The normalized spacial score (nSPS) is 12.0. The summed E-state index contributed by atoms with van der Waals surface area (Å²) < 4.78 is 66.2. The second-order valence-corrected chi connectivity index (χ2v) is 13.3. The molecule has 0 amide bonds. The highest BCUT2D eigenvalue weighted by molar-refractivity contribution is 7.97. The number of benzene rings is 3. The summed E-state index contributed by atoms with van der Waals surface area (Å²) in [6, 6.07) is 21.6. The maximum Gasteiger partial charge on any atom is 0.402 e. The van der Waals surface area contributed by atoms with Gasteiger partial charge in [0.1, 0.15) is 5.75 Å². The Morgan fingerprint density at radius 2 is 1.32 bits per heavy atom. The predicted molar refractivity (Wildman–Crippen MR) is 152 cm³/mol. The van der Waals surface area contributed by atoms with Gasteiger partial charge in [-0.15, -0.1) is 0 Å². The molecule has 40 heavy (non-hydrogen) atoms. The fourth-order valence-electron chi connectivity index (χ4n) is 4.05. The van der Waals surface area contributed by atoms with E-state index in [4.69, 9.17) is 9.29 Å². The van der Waals surface area contributed by atoms with Crippen LogP contribution in [-0.4, -0.2) is 37.4 Å². The third-order valence-electron chi connectivity index (χ3n) is 6.23. The minimum atomic E-state index is -5.63. The first-order valence-corrected chi connectivity index (χ1v) is 15.6. The molecule has 0 fully saturated rings. The SMILES string of the molecule is Cc1ccc([S+](c2ccc(C)cc2)c2cc(C)c(OCCCCCC(=O)OCC(F)(F)S(=O)(=O)O)c(C)c2)cc1. The monoisotopic (exact) mass is 593 g/mol. The van der Waals surface area contributed by atoms with E-state index in [1.807, 2.05) is 13.8 Å². The second-order valence-electron chi connectivity index (χ2n) is 9.75. The van der Waals surface area contributed by atoms with Crippen molar-refractivity contribution in [1.29, 1.82) is 0 Å². The summed E-state index contributed by atoms with van der Waals surface area (Å²) in [7, 11) is -5.91. The third kappa shape index (κ3) is 8.52. The number of unbranched alkanes of at least 4 members (excludes halogenated alkanes) is 2. The van der Waals surface area contributed by atoms with Crippen LogP contribution in [0, 0.1) is 27.7 Å². The van der Waals surface area contributed by atoms with E-state index in [2.05, 4.69) is 79.2 Å². The molecule has 0 bridgehead atoms. The summed E-state index contributed by atoms with van der Waals surface area (Å²) in [6.07, 6.45) is 1.44. The molecule has 3 aromatic rings. The first-order valence-electron chi connectivity index (χ1n) is 12.9. The number of hydrogen-bond donors (Lipinski definition) is 1. The van der Waals surface area contributed by atoms with E-state index in [1.54, 1.807) is 0 Å². The van der Waals surface area contributed by atoms with E-state index in [0.29, 0.717) is 25.9 Å². The van der Waals surface area contributed by atoms with Crippen molar-refractivity contribution in [2.24, 2.45) is 0 Å². The predicted octanol–water partition coefficient (Wildman–Crippen LogP) is 6.98. The van der Waals surface area contributed by atoms with Crippen molar-refractivity contribution >= 4 is 27.0 Å². The number of rotatable bonds is 13. The van der Waals surface area contributed by atoms with Crippen molar-refractivity contribution in [3.8, 4) is 5.75 Å². The molecule has 0 aliphatic rings. The van der Waals surface area contributed by atoms with Gasteiger partial charge in [0, 0.05) is 18.6 Å². The fraction of sp³-hybridized carbons (Fsp3) is 0.367. The first kappa shape index (κ1) is 31.6. The van der Waals surface area contributed by atoms with Crippen LogP contribution in [0.25, 0.3) is 0 Å². The number of halogens is 2. The zero-order valence-corrected chi connectivity index (χ0v) is 24.7. The van der Waals surface area contributed by atoms with E-state index >= 15 is 0 Å². The van der Waals surface area contributed by atoms with Gasteiger partial charge in [0.25, 0.3) is 0 Å². The third-order valence-corrected chi connectivity index (χ3v) is 9.30. The van der Waals surface area contributed by atoms with Crippen LogP contribution in [0.4, 0.5) is 8.78 Å². The standard InChI is InChI=1S/C30H34F2O6S2/c1-21-9-13-25(14-10-21)39(26-15-11-22(2)12-16-26)27-18-23(3)29(24(4)19-27)37-17-7-5-6-8-28(33)38-20-30(31,32)40(34,35)36/h9-16,18-19H,5-8,17,20H2,1-4H3/p+1. The molecular weight excluding hydrogens is 558 g/mol. The van der Waals surface area contributed by atoms with Gasteiger partial charge in [0.05, 0.1) is 17.5 Å². The number of aryl methyl sites for hydroxylation is 4. The molecule has 3 aromatic carbocycles. The Morgan fingerprint density at radius 1 is 0.825 bits per heavy atom. The Balaban J connectivity index is 1.59. The average Bonchev–Trinajstić information content (AvgIpc) is 2.88. The molecule has 1 N–H and O–H groups in total. The van der Waals surface area contributed by atoms with Gasteiger partial charge in [-0.3, -0.25) is 9.35 Å². The molecule has 0 aromatic heterocycles. The lowest BCUT2D eigenvalue weighted by Crippen LogP contribution is -2.34. The summed E-state index contributed by atoms with van der Waals surface area (Å²) in [5.74, 6) is -0.143. The molecular formula is C30H35F2O6S2+. The van der Waals surface area contributed by atoms with Crippen molar-refractivity contribution < 1.29 is 36.0 Å². The van der Waals surface area contributed by atoms with E-state index in [-0.39, 0.29) is 17.3 Å². The summed E-state index contributed by atoms with van der Waals surface area (Å²) in [4.78, 5) is 15.3. The summed E-state index contributed by atoms with van der Waals surface area (Å²) >= 11 is 0. The topological polar surface area (TPSA) is 89.9 Å². The van der Waals surface area contributed by atoms with Gasteiger partial charge in [-0.25, -0.2) is 0 Å². The number of carbonyl (C=O) groups is 1. The van der Waals surface area contributed by atoms with Crippen LogP contribution in [0.1, 0.15) is 47.9 Å². The van der Waals surface area contributed by atoms with E-state index < -0.39 is 27.9 Å². The Morgan fingerprint density at radius 3 is 1.80 bits per heavy atom. The molecule has 0 saturated heterocycles. The molecule has 0 radical (unpaired) electrons. The van der Waals surface area contributed by atoms with Crippen LogP contribution in [0.5, 0.6) is 5.75 Å². The highest BCUT2D eigenvalue weighted by Gasteiger charge is 2.45. The molecule has 0 aliphatic carbocycles. The minimum Gasteiger partial charge on any atom is -0.493 e. The highest BCUT2D eigenvalue weighted by atomic mass is 32.2. The van der Waals surface area contributed by atoms with Gasteiger partial charge in [0.15, 0.2) is 21.3 Å². The Bertz CT molecular complexity index is 1340. The van der Waals surface area contributed by atoms with Crippen LogP contribution >= 0.6 is 0 Å². The van der Waals surface area contributed by atoms with Crippen LogP contribution in [0.15, 0.2) is 75.4 Å². The van der Waals surface area contributed by atoms with Gasteiger partial charge in [-0.05, 0) is 82.3 Å². The lowest BCUT2D eigenvalue weighted by Gasteiger charge is -2.15. The van der Waals surface area contributed by atoms with Gasteiger partial charge in [-0.1, -0.05) is 35.4 Å². The van der Waals surface area contributed by atoms with E-state index in [1.165, 1.54) is 25.8 Å². The fourth-order valence-corrected chi connectivity index (χ4v) is 6.48. The highest BCUT2D eigenvalue weighted by Crippen LogP contribution is 2.36. The van der Waals surface area contributed by atoms with Crippen LogP contribution in [0.2, 0.25) is 0 Å². The summed E-state index contributed by atoms with van der Waals surface area (Å²) in [5, 5.41) is -4.53. The quantitative estimate of drug-likeness (QED) is 0.0996. The maximum atomic E-state index is 13.1. The van der Waals surface area contributed by atoms with Crippen molar-refractivity contribution in [2.75, 3.05) is 13.2 Å². The van der Waals surface area contributed by atoms with Crippen molar-refractivity contribution in [3.05, 3.63) is 82.9 Å². The molecule has 6 nitrogen and oxygen atoms in total. The Labute approximate surface area is 237 Å². The summed E-state index contributed by atoms with van der Waals surface area (Å²) in [5.41, 5.74) is 4.47. The second kappa shape index (κ2) is 13.6. The molecule has 0 spiro atoms. The smallest absolute Gasteiger partial charge is 0.402 e. The molecule has 10 heteroatoms. The van der Waals surface area contributed by atoms with Gasteiger partial charge < -0.3 is 9.47 Å². The number of esters is 1. The molecule has 216 valence electrons. The Kier molecular flexibility index (Phi) is 10.7. The van der Waals surface area contributed by atoms with E-state index in [9.17, 15) is 22.0 Å². The zero-order valence-electron chi connectivity index (χ0n) is 23.1. The first-order chi connectivity index (χ1) is 18.8. The number of carbonyl (C=O) groups excluding carboxylic acids is 1. The van der Waals surface area contributed by atoms with Crippen LogP contribution < -0.4 is 4.74 Å². The molecule has 0 heterocycles. The molecule has 0 unspecified atom stereocenters. The van der Waals surface area contributed by atoms with Crippen LogP contribution in [-0.2, 0) is 30.5 Å². The van der Waals surface area contributed by atoms with Crippen molar-refractivity contribution in [3.63, 3.8) is 0 Å². The van der Waals surface area contributed by atoms with Crippen molar-refractivity contribution in [1.82, 2.24) is 0 Å². The van der Waals surface area contributed by atoms with E-state index in [0.717, 1.165) is 16.9 Å².